The number of hydrogen-bond acceptors (Lipinski definition) is 4. The molecular weight excluding hydrogens is 417 g/mol. The minimum absolute atomic E-state index is 0.575. The Morgan fingerprint density at radius 3 is 2.78 bits per heavy atom. The Labute approximate surface area is 156 Å². The van der Waals surface area contributed by atoms with Crippen LogP contribution in [0.3, 0.4) is 0 Å². The Kier molecular flexibility index (Phi) is 5.33. The van der Waals surface area contributed by atoms with E-state index in [0.717, 1.165) is 21.3 Å². The van der Waals surface area contributed by atoms with Crippen molar-refractivity contribution in [3.63, 3.8) is 0 Å². The fourth-order valence-electron chi connectivity index (χ4n) is 1.88. The lowest BCUT2D eigenvalue weighted by molar-refractivity contribution is 1.29. The molecule has 0 amide bonds. The Morgan fingerprint density at radius 1 is 1.17 bits per heavy atom. The zero-order chi connectivity index (χ0) is 16.2. The van der Waals surface area contributed by atoms with Gasteiger partial charge in [-0.15, -0.1) is 11.3 Å². The van der Waals surface area contributed by atoms with Crippen molar-refractivity contribution >= 4 is 61.8 Å². The van der Waals surface area contributed by atoms with E-state index >= 15 is 0 Å². The summed E-state index contributed by atoms with van der Waals surface area (Å²) in [5.41, 5.74) is 5.54. The first-order chi connectivity index (χ1) is 11.1. The van der Waals surface area contributed by atoms with Gasteiger partial charge in [-0.3, -0.25) is 5.43 Å². The predicted octanol–water partition coefficient (Wildman–Crippen LogP) is 6.33. The van der Waals surface area contributed by atoms with E-state index in [9.17, 15) is 0 Å². The number of nitrogens with zero attached hydrogens (tertiary/aromatic N) is 2. The highest BCUT2D eigenvalue weighted by molar-refractivity contribution is 9.10. The summed E-state index contributed by atoms with van der Waals surface area (Å²) in [4.78, 5) is 4.48. The maximum atomic E-state index is 6.20. The van der Waals surface area contributed by atoms with Crippen molar-refractivity contribution in [3.05, 3.63) is 67.9 Å². The molecule has 3 nitrogen and oxygen atoms in total. The molecule has 2 aromatic carbocycles. The third-order valence-electron chi connectivity index (χ3n) is 2.98. The van der Waals surface area contributed by atoms with Gasteiger partial charge >= 0.3 is 0 Å². The zero-order valence-electron chi connectivity index (χ0n) is 11.6. The standard InChI is InChI=1S/C16H10BrCl2N3S/c17-13-4-2-1-3-10(13)8-20-22-16-21-15(9-23-16)12-6-5-11(18)7-14(12)19/h1-9H,(H,21,22). The van der Waals surface area contributed by atoms with Gasteiger partial charge in [0.25, 0.3) is 0 Å². The summed E-state index contributed by atoms with van der Waals surface area (Å²) in [5, 5.41) is 7.99. The number of hydrazone groups is 1. The molecule has 0 fully saturated rings. The molecule has 1 N–H and O–H groups in total. The molecule has 1 aromatic heterocycles. The molecule has 0 aliphatic carbocycles. The molecule has 3 rings (SSSR count). The highest BCUT2D eigenvalue weighted by Crippen LogP contribution is 2.32. The van der Waals surface area contributed by atoms with Gasteiger partial charge < -0.3 is 0 Å². The molecule has 0 saturated heterocycles. The van der Waals surface area contributed by atoms with Crippen LogP contribution in [0, 0.1) is 0 Å². The van der Waals surface area contributed by atoms with Gasteiger partial charge in [0.15, 0.2) is 0 Å². The third kappa shape index (κ3) is 4.12. The van der Waals surface area contributed by atoms with E-state index in [-0.39, 0.29) is 0 Å². The van der Waals surface area contributed by atoms with Gasteiger partial charge in [0.1, 0.15) is 0 Å². The van der Waals surface area contributed by atoms with Gasteiger partial charge in [0, 0.05) is 26.0 Å². The lowest BCUT2D eigenvalue weighted by Crippen LogP contribution is -1.91. The van der Waals surface area contributed by atoms with E-state index < -0.39 is 0 Å². The van der Waals surface area contributed by atoms with Gasteiger partial charge in [-0.2, -0.15) is 5.10 Å². The van der Waals surface area contributed by atoms with Crippen LogP contribution in [-0.2, 0) is 0 Å². The summed E-state index contributed by atoms with van der Waals surface area (Å²) >= 11 is 17.0. The molecule has 0 aliphatic rings. The zero-order valence-corrected chi connectivity index (χ0v) is 15.5. The van der Waals surface area contributed by atoms with E-state index in [2.05, 4.69) is 31.4 Å². The Hall–Kier alpha value is -1.40. The molecule has 3 aromatic rings. The largest absolute Gasteiger partial charge is 0.253 e. The lowest BCUT2D eigenvalue weighted by atomic mass is 10.2. The van der Waals surface area contributed by atoms with E-state index in [4.69, 9.17) is 23.2 Å². The van der Waals surface area contributed by atoms with Crippen molar-refractivity contribution in [1.82, 2.24) is 4.98 Å². The number of benzene rings is 2. The van der Waals surface area contributed by atoms with Gasteiger partial charge in [-0.1, -0.05) is 57.3 Å². The maximum absolute atomic E-state index is 6.20. The van der Waals surface area contributed by atoms with Crippen molar-refractivity contribution in [2.24, 2.45) is 5.10 Å². The topological polar surface area (TPSA) is 37.3 Å². The van der Waals surface area contributed by atoms with Crippen LogP contribution < -0.4 is 5.43 Å². The average Bonchev–Trinajstić information content (AvgIpc) is 2.98. The first-order valence-electron chi connectivity index (χ1n) is 6.58. The Bertz CT molecular complexity index is 864. The first-order valence-corrected chi connectivity index (χ1v) is 9.01. The predicted molar refractivity (Wildman–Crippen MR) is 103 cm³/mol. The van der Waals surface area contributed by atoms with Crippen LogP contribution in [0.1, 0.15) is 5.56 Å². The molecule has 23 heavy (non-hydrogen) atoms. The van der Waals surface area contributed by atoms with Crippen LogP contribution in [0.15, 0.2) is 57.4 Å². The minimum Gasteiger partial charge on any atom is -0.253 e. The highest BCUT2D eigenvalue weighted by Gasteiger charge is 2.08. The molecule has 0 radical (unpaired) electrons. The van der Waals surface area contributed by atoms with Crippen LogP contribution in [0.5, 0.6) is 0 Å². The maximum Gasteiger partial charge on any atom is 0.203 e. The third-order valence-corrected chi connectivity index (χ3v) is 5.00. The van der Waals surface area contributed by atoms with Crippen LogP contribution in [-0.4, -0.2) is 11.2 Å². The highest BCUT2D eigenvalue weighted by atomic mass is 79.9. The Morgan fingerprint density at radius 2 is 2.00 bits per heavy atom. The second-order valence-corrected chi connectivity index (χ2v) is 7.11. The van der Waals surface area contributed by atoms with Crippen LogP contribution in [0.25, 0.3) is 11.3 Å². The van der Waals surface area contributed by atoms with Gasteiger partial charge in [-0.05, 0) is 24.3 Å². The number of thiazole rings is 1. The molecule has 1 heterocycles. The molecule has 7 heteroatoms. The summed E-state index contributed by atoms with van der Waals surface area (Å²) in [6.45, 7) is 0. The van der Waals surface area contributed by atoms with Crippen molar-refractivity contribution in [2.45, 2.75) is 0 Å². The van der Waals surface area contributed by atoms with Crippen LogP contribution in [0.2, 0.25) is 10.0 Å². The molecule has 116 valence electrons. The summed E-state index contributed by atoms with van der Waals surface area (Å²) < 4.78 is 0.985. The van der Waals surface area contributed by atoms with E-state index in [1.807, 2.05) is 35.7 Å². The number of nitrogens with one attached hydrogen (secondary N) is 1. The number of anilines is 1. The molecule has 0 bridgehead atoms. The average molecular weight is 427 g/mol. The summed E-state index contributed by atoms with van der Waals surface area (Å²) in [7, 11) is 0. The van der Waals surface area contributed by atoms with Gasteiger partial charge in [-0.25, -0.2) is 4.98 Å². The smallest absolute Gasteiger partial charge is 0.203 e. The van der Waals surface area contributed by atoms with E-state index in [0.29, 0.717) is 15.2 Å². The van der Waals surface area contributed by atoms with Crippen molar-refractivity contribution < 1.29 is 0 Å². The Balaban J connectivity index is 1.74. The molecule has 0 atom stereocenters. The number of rotatable bonds is 4. The van der Waals surface area contributed by atoms with Gasteiger partial charge in [0.2, 0.25) is 5.13 Å². The molecule has 0 aliphatic heterocycles. The molecule has 0 saturated carbocycles. The fourth-order valence-corrected chi connectivity index (χ4v) is 3.43. The van der Waals surface area contributed by atoms with Crippen LogP contribution >= 0.6 is 50.5 Å². The number of halogens is 3. The van der Waals surface area contributed by atoms with E-state index in [1.165, 1.54) is 11.3 Å². The summed E-state index contributed by atoms with van der Waals surface area (Å²) in [6.07, 6.45) is 1.74. The van der Waals surface area contributed by atoms with Crippen LogP contribution in [0.4, 0.5) is 5.13 Å². The number of hydrogen-bond donors (Lipinski definition) is 1. The quantitative estimate of drug-likeness (QED) is 0.391. The summed E-state index contributed by atoms with van der Waals surface area (Å²) in [6, 6.07) is 13.2. The monoisotopic (exact) mass is 425 g/mol. The molecule has 0 spiro atoms. The summed E-state index contributed by atoms with van der Waals surface area (Å²) in [5.74, 6) is 0. The fraction of sp³-hybridized carbons (Fsp3) is 0. The second-order valence-electron chi connectivity index (χ2n) is 4.55. The van der Waals surface area contributed by atoms with Crippen molar-refractivity contribution in [2.75, 3.05) is 5.43 Å². The van der Waals surface area contributed by atoms with Crippen molar-refractivity contribution in [1.29, 1.82) is 0 Å². The van der Waals surface area contributed by atoms with E-state index in [1.54, 1.807) is 18.3 Å². The van der Waals surface area contributed by atoms with Gasteiger partial charge in [0.05, 0.1) is 16.9 Å². The molecule has 0 unspecified atom stereocenters. The lowest BCUT2D eigenvalue weighted by Gasteiger charge is -2.00. The molecular formula is C16H10BrCl2N3S. The van der Waals surface area contributed by atoms with Crippen molar-refractivity contribution in [3.8, 4) is 11.3 Å². The second kappa shape index (κ2) is 7.45. The first kappa shape index (κ1) is 16.5. The minimum atomic E-state index is 0.575. The normalized spacial score (nSPS) is 11.1. The number of aromatic nitrogens is 1. The SMILES string of the molecule is Clc1ccc(-c2csc(NN=Cc3ccccc3Br)n2)c(Cl)c1.